The minimum absolute atomic E-state index is 0. The van der Waals surface area contributed by atoms with Crippen molar-refractivity contribution in [1.82, 2.24) is 9.97 Å². The maximum absolute atomic E-state index is 12.0. The average molecular weight is 367 g/mol. The van der Waals surface area contributed by atoms with E-state index in [-0.39, 0.29) is 74.8 Å². The molecule has 0 saturated heterocycles. The summed E-state index contributed by atoms with van der Waals surface area (Å²) >= 11 is 0. The first-order valence-electron chi connectivity index (χ1n) is 7.22. The molecule has 0 atom stereocenters. The fourth-order valence-corrected chi connectivity index (χ4v) is 2.37. The van der Waals surface area contributed by atoms with Gasteiger partial charge in [-0.2, -0.15) is 0 Å². The van der Waals surface area contributed by atoms with Gasteiger partial charge < -0.3 is 30.4 Å². The summed E-state index contributed by atoms with van der Waals surface area (Å²) in [5.74, 6) is -0.977. The number of carbonyl (C=O) groups is 2. The molecule has 0 saturated carbocycles. The van der Waals surface area contributed by atoms with Gasteiger partial charge in [0.05, 0.1) is 19.0 Å². The molecule has 10 heteroatoms. The van der Waals surface area contributed by atoms with Crippen molar-refractivity contribution >= 4 is 29.1 Å². The van der Waals surface area contributed by atoms with Gasteiger partial charge in [-0.1, -0.05) is 12.1 Å². The number of amides is 1. The average Bonchev–Trinajstić information content (AvgIpc) is 2.98. The summed E-state index contributed by atoms with van der Waals surface area (Å²) in [5.41, 5.74) is 0.694. The number of benzene rings is 1. The predicted molar refractivity (Wildman–Crippen MR) is 84.7 cm³/mol. The molecular formula is C15H14KN5O4. The van der Waals surface area contributed by atoms with Crippen molar-refractivity contribution in [3.63, 3.8) is 0 Å². The van der Waals surface area contributed by atoms with Gasteiger partial charge in [0, 0.05) is 18.7 Å². The van der Waals surface area contributed by atoms with Crippen LogP contribution in [0.15, 0.2) is 35.4 Å². The molecule has 0 aliphatic carbocycles. The largest absolute Gasteiger partial charge is 1.00 e. The Bertz CT molecular complexity index is 837. The molecule has 3 N–H and O–H groups in total. The van der Waals surface area contributed by atoms with Gasteiger partial charge in [0.1, 0.15) is 5.69 Å². The van der Waals surface area contributed by atoms with Crippen LogP contribution < -0.4 is 77.6 Å². The van der Waals surface area contributed by atoms with Crippen molar-refractivity contribution in [2.24, 2.45) is 0 Å². The number of carbonyl (C=O) groups excluding carboxylic acids is 2. The summed E-state index contributed by atoms with van der Waals surface area (Å²) in [6.45, 7) is 0.794. The molecule has 1 aliphatic rings. The number of carboxylic acid groups (broad SMARTS) is 1. The van der Waals surface area contributed by atoms with E-state index in [4.69, 9.17) is 0 Å². The second kappa shape index (κ2) is 8.58. The van der Waals surface area contributed by atoms with Crippen LogP contribution in [0.3, 0.4) is 0 Å². The Labute approximate surface area is 185 Å². The number of hydrogen-bond donors (Lipinski definition) is 3. The van der Waals surface area contributed by atoms with E-state index in [0.29, 0.717) is 30.4 Å². The number of nitrogens with one attached hydrogen (secondary N) is 3. The van der Waals surface area contributed by atoms with Gasteiger partial charge in [-0.25, -0.2) is 4.98 Å². The topological polar surface area (TPSA) is 130 Å². The van der Waals surface area contributed by atoms with Crippen LogP contribution in [0.4, 0.5) is 17.2 Å². The molecule has 1 amide bonds. The van der Waals surface area contributed by atoms with Gasteiger partial charge in [-0.15, -0.1) is 0 Å². The molecule has 0 bridgehead atoms. The van der Waals surface area contributed by atoms with E-state index in [1.807, 2.05) is 0 Å². The zero-order valence-corrected chi connectivity index (χ0v) is 16.7. The Balaban J connectivity index is 0.00000225. The number of H-pyrrole nitrogens is 1. The molecule has 0 spiro atoms. The quantitative estimate of drug-likeness (QED) is 0.465. The van der Waals surface area contributed by atoms with Crippen molar-refractivity contribution < 1.29 is 66.1 Å². The maximum Gasteiger partial charge on any atom is 1.00 e. The minimum atomic E-state index is -1.27. The Morgan fingerprint density at radius 3 is 2.68 bits per heavy atom. The molecule has 25 heavy (non-hydrogen) atoms. The summed E-state index contributed by atoms with van der Waals surface area (Å²) in [6, 6.07) is 5.72. The number of aromatic amines is 1. The van der Waals surface area contributed by atoms with E-state index < -0.39 is 5.97 Å². The number of aromatic carboxylic acids is 1. The molecule has 9 nitrogen and oxygen atoms in total. The van der Waals surface area contributed by atoms with Crippen LogP contribution in [0.25, 0.3) is 0 Å². The summed E-state index contributed by atoms with van der Waals surface area (Å²) in [7, 11) is 0. The third kappa shape index (κ3) is 4.67. The van der Waals surface area contributed by atoms with Crippen LogP contribution >= 0.6 is 0 Å². The second-order valence-electron chi connectivity index (χ2n) is 5.19. The fourth-order valence-electron chi connectivity index (χ4n) is 2.37. The first-order chi connectivity index (χ1) is 11.5. The standard InChI is InChI=1S/C15H15N5O4.K/c21-11(19-10-3-1-9(2-4-10)15(23)24)5-6-20-8-18-12-13(20)16-7-17-14(12)22;/h1-4,7,18H,5-6,8H2,(H,19,21)(H,23,24)(H,16,17,22);/q;+1/p-1. The Morgan fingerprint density at radius 2 is 2.00 bits per heavy atom. The van der Waals surface area contributed by atoms with Crippen molar-refractivity contribution in [3.8, 4) is 0 Å². The van der Waals surface area contributed by atoms with Crippen molar-refractivity contribution in [1.29, 1.82) is 0 Å². The van der Waals surface area contributed by atoms with E-state index in [1.54, 1.807) is 4.90 Å². The monoisotopic (exact) mass is 367 g/mol. The normalized spacial score (nSPS) is 11.9. The molecule has 1 aromatic heterocycles. The van der Waals surface area contributed by atoms with Gasteiger partial charge >= 0.3 is 51.4 Å². The number of aromatic nitrogens is 2. The summed E-state index contributed by atoms with van der Waals surface area (Å²) in [5, 5.41) is 16.3. The van der Waals surface area contributed by atoms with Gasteiger partial charge in [-0.3, -0.25) is 9.59 Å². The minimum Gasteiger partial charge on any atom is -0.545 e. The predicted octanol–water partition coefficient (Wildman–Crippen LogP) is -3.64. The van der Waals surface area contributed by atoms with Crippen LogP contribution in [0.5, 0.6) is 0 Å². The van der Waals surface area contributed by atoms with Crippen LogP contribution in [-0.4, -0.2) is 35.1 Å². The van der Waals surface area contributed by atoms with E-state index in [2.05, 4.69) is 20.6 Å². The van der Waals surface area contributed by atoms with Gasteiger partial charge in [0.2, 0.25) is 5.91 Å². The van der Waals surface area contributed by atoms with E-state index in [0.717, 1.165) is 0 Å². The summed E-state index contributed by atoms with van der Waals surface area (Å²) in [6.07, 6.45) is 1.51. The van der Waals surface area contributed by atoms with Gasteiger partial charge in [0.25, 0.3) is 5.56 Å². The van der Waals surface area contributed by atoms with Gasteiger partial charge in [0.15, 0.2) is 5.82 Å². The zero-order chi connectivity index (χ0) is 17.1. The number of rotatable bonds is 5. The van der Waals surface area contributed by atoms with E-state index in [9.17, 15) is 19.5 Å². The summed E-state index contributed by atoms with van der Waals surface area (Å²) in [4.78, 5) is 42.6. The number of carboxylic acids is 1. The summed E-state index contributed by atoms with van der Waals surface area (Å²) < 4.78 is 0. The Kier molecular flexibility index (Phi) is 6.73. The zero-order valence-electron chi connectivity index (χ0n) is 13.5. The molecule has 0 radical (unpaired) electrons. The first kappa shape index (κ1) is 19.6. The van der Waals surface area contributed by atoms with E-state index >= 15 is 0 Å². The molecule has 0 fully saturated rings. The van der Waals surface area contributed by atoms with Gasteiger partial charge in [-0.05, 0) is 17.7 Å². The molecule has 1 aliphatic heterocycles. The van der Waals surface area contributed by atoms with Crippen molar-refractivity contribution in [2.45, 2.75) is 6.42 Å². The second-order valence-corrected chi connectivity index (χ2v) is 5.19. The maximum atomic E-state index is 12.0. The van der Waals surface area contributed by atoms with Crippen molar-refractivity contribution in [2.75, 3.05) is 28.7 Å². The number of anilines is 3. The Morgan fingerprint density at radius 1 is 1.28 bits per heavy atom. The van der Waals surface area contributed by atoms with E-state index in [1.165, 1.54) is 30.6 Å². The number of fused-ring (bicyclic) bond motifs is 1. The third-order valence-electron chi connectivity index (χ3n) is 3.59. The Hall–Kier alpha value is -1.72. The SMILES string of the molecule is O=C(CCN1CNc2c1nc[nH]c2=O)Nc1ccc(C(=O)[O-])cc1.[K+]. The molecule has 124 valence electrons. The molecule has 2 heterocycles. The molecule has 0 unspecified atom stereocenters. The van der Waals surface area contributed by atoms with Crippen LogP contribution in [-0.2, 0) is 4.79 Å². The number of hydrogen-bond acceptors (Lipinski definition) is 7. The first-order valence-corrected chi connectivity index (χ1v) is 7.22. The molecule has 2 aromatic rings. The molecule has 1 aromatic carbocycles. The smallest absolute Gasteiger partial charge is 0.545 e. The number of nitrogens with zero attached hydrogens (tertiary/aromatic N) is 2. The van der Waals surface area contributed by atoms with Crippen LogP contribution in [0, 0.1) is 0 Å². The van der Waals surface area contributed by atoms with Crippen molar-refractivity contribution in [3.05, 3.63) is 46.5 Å². The molecular weight excluding hydrogens is 353 g/mol. The fraction of sp³-hybridized carbons (Fsp3) is 0.200. The molecule has 3 rings (SSSR count). The van der Waals surface area contributed by atoms with Crippen LogP contribution in [0.1, 0.15) is 16.8 Å². The third-order valence-corrected chi connectivity index (χ3v) is 3.59. The van der Waals surface area contributed by atoms with Crippen LogP contribution in [0.2, 0.25) is 0 Å².